The van der Waals surface area contributed by atoms with Crippen LogP contribution in [-0.2, 0) is 4.74 Å². The predicted molar refractivity (Wildman–Crippen MR) is 69.8 cm³/mol. The lowest BCUT2D eigenvalue weighted by molar-refractivity contribution is 0.114. The number of hydrogen-bond donors (Lipinski definition) is 2. The normalized spacial score (nSPS) is 15.4. The van der Waals surface area contributed by atoms with E-state index in [4.69, 9.17) is 15.2 Å². The van der Waals surface area contributed by atoms with Gasteiger partial charge in [-0.25, -0.2) is 4.79 Å². The SMILES string of the molecule is COc1ccc(NC(=O)OC2CCCC2)c(N)c1. The van der Waals surface area contributed by atoms with Gasteiger partial charge in [-0.15, -0.1) is 0 Å². The quantitative estimate of drug-likeness (QED) is 0.809. The monoisotopic (exact) mass is 250 g/mol. The van der Waals surface area contributed by atoms with E-state index in [1.54, 1.807) is 25.3 Å². The van der Waals surface area contributed by atoms with Crippen molar-refractivity contribution >= 4 is 17.5 Å². The molecule has 1 aliphatic carbocycles. The summed E-state index contributed by atoms with van der Waals surface area (Å²) in [7, 11) is 1.57. The van der Waals surface area contributed by atoms with Crippen LogP contribution in [-0.4, -0.2) is 19.3 Å². The minimum Gasteiger partial charge on any atom is -0.497 e. The number of hydrogen-bond acceptors (Lipinski definition) is 4. The summed E-state index contributed by atoms with van der Waals surface area (Å²) in [5.74, 6) is 0.655. The van der Waals surface area contributed by atoms with E-state index in [9.17, 15) is 4.79 Å². The summed E-state index contributed by atoms with van der Waals surface area (Å²) in [5.41, 5.74) is 6.80. The van der Waals surface area contributed by atoms with Crippen LogP contribution < -0.4 is 15.8 Å². The van der Waals surface area contributed by atoms with Crippen molar-refractivity contribution < 1.29 is 14.3 Å². The molecule has 2 rings (SSSR count). The van der Waals surface area contributed by atoms with Crippen LogP contribution in [0.1, 0.15) is 25.7 Å². The highest BCUT2D eigenvalue weighted by Gasteiger charge is 2.19. The van der Waals surface area contributed by atoms with E-state index in [0.717, 1.165) is 25.7 Å². The van der Waals surface area contributed by atoms with E-state index in [2.05, 4.69) is 5.32 Å². The second-order valence-electron chi connectivity index (χ2n) is 4.39. The molecule has 18 heavy (non-hydrogen) atoms. The summed E-state index contributed by atoms with van der Waals surface area (Å²) in [6.07, 6.45) is 3.76. The Labute approximate surface area is 106 Å². The molecule has 5 nitrogen and oxygen atoms in total. The second-order valence-corrected chi connectivity index (χ2v) is 4.39. The van der Waals surface area contributed by atoms with Crippen LogP contribution in [0.2, 0.25) is 0 Å². The highest BCUT2D eigenvalue weighted by atomic mass is 16.6. The van der Waals surface area contributed by atoms with Crippen LogP contribution in [0.5, 0.6) is 5.75 Å². The lowest BCUT2D eigenvalue weighted by Gasteiger charge is -2.13. The number of carbonyl (C=O) groups excluding carboxylic acids is 1. The highest BCUT2D eigenvalue weighted by molar-refractivity contribution is 5.89. The van der Waals surface area contributed by atoms with E-state index in [1.807, 2.05) is 0 Å². The topological polar surface area (TPSA) is 73.6 Å². The van der Waals surface area contributed by atoms with E-state index in [-0.39, 0.29) is 6.10 Å². The first kappa shape index (κ1) is 12.5. The minimum absolute atomic E-state index is 0.0458. The van der Waals surface area contributed by atoms with Crippen LogP contribution in [0.3, 0.4) is 0 Å². The maximum atomic E-state index is 11.7. The molecule has 5 heteroatoms. The van der Waals surface area contributed by atoms with Gasteiger partial charge in [-0.2, -0.15) is 0 Å². The second kappa shape index (κ2) is 5.62. The third kappa shape index (κ3) is 3.06. The van der Waals surface area contributed by atoms with Crippen molar-refractivity contribution in [1.82, 2.24) is 0 Å². The molecule has 0 aromatic heterocycles. The summed E-state index contributed by atoms with van der Waals surface area (Å²) in [6, 6.07) is 5.09. The number of ether oxygens (including phenoxy) is 2. The third-order valence-electron chi connectivity index (χ3n) is 3.07. The zero-order valence-corrected chi connectivity index (χ0v) is 10.4. The molecule has 0 spiro atoms. The summed E-state index contributed by atoms with van der Waals surface area (Å²) >= 11 is 0. The van der Waals surface area contributed by atoms with Gasteiger partial charge in [0.25, 0.3) is 0 Å². The van der Waals surface area contributed by atoms with E-state index in [0.29, 0.717) is 17.1 Å². The standard InChI is InChI=1S/C13H18N2O3/c1-17-10-6-7-12(11(14)8-10)15-13(16)18-9-4-2-3-5-9/h6-9H,2-5,14H2,1H3,(H,15,16). The zero-order chi connectivity index (χ0) is 13.0. The molecule has 0 unspecified atom stereocenters. The molecule has 1 saturated carbocycles. The van der Waals surface area contributed by atoms with Crippen LogP contribution in [0, 0.1) is 0 Å². The zero-order valence-electron chi connectivity index (χ0n) is 10.4. The summed E-state index contributed by atoms with van der Waals surface area (Å²) < 4.78 is 10.3. The Bertz CT molecular complexity index is 428. The lowest BCUT2D eigenvalue weighted by Crippen LogP contribution is -2.20. The van der Waals surface area contributed by atoms with Crippen molar-refractivity contribution in [3.05, 3.63) is 18.2 Å². The van der Waals surface area contributed by atoms with Crippen molar-refractivity contribution in [3.63, 3.8) is 0 Å². The maximum absolute atomic E-state index is 11.7. The van der Waals surface area contributed by atoms with Crippen molar-refractivity contribution in [3.8, 4) is 5.75 Å². The molecule has 0 atom stereocenters. The average molecular weight is 250 g/mol. The molecule has 0 bridgehead atoms. The Morgan fingerprint density at radius 1 is 1.39 bits per heavy atom. The Kier molecular flexibility index (Phi) is 3.92. The molecule has 0 saturated heterocycles. The first-order chi connectivity index (χ1) is 8.69. The Hall–Kier alpha value is -1.91. The molecule has 1 aromatic carbocycles. The average Bonchev–Trinajstić information content (AvgIpc) is 2.84. The van der Waals surface area contributed by atoms with Gasteiger partial charge in [0.1, 0.15) is 11.9 Å². The van der Waals surface area contributed by atoms with Crippen molar-refractivity contribution in [1.29, 1.82) is 0 Å². The van der Waals surface area contributed by atoms with E-state index in [1.165, 1.54) is 0 Å². The van der Waals surface area contributed by atoms with Gasteiger partial charge in [-0.05, 0) is 37.8 Å². The number of methoxy groups -OCH3 is 1. The van der Waals surface area contributed by atoms with Gasteiger partial charge in [-0.1, -0.05) is 0 Å². The number of nitrogens with two attached hydrogens (primary N) is 1. The molecule has 0 heterocycles. The number of anilines is 2. The van der Waals surface area contributed by atoms with Gasteiger partial charge in [-0.3, -0.25) is 5.32 Å². The highest BCUT2D eigenvalue weighted by Crippen LogP contribution is 2.25. The van der Waals surface area contributed by atoms with Gasteiger partial charge >= 0.3 is 6.09 Å². The summed E-state index contributed by atoms with van der Waals surface area (Å²) in [6.45, 7) is 0. The minimum atomic E-state index is -0.446. The number of benzene rings is 1. The van der Waals surface area contributed by atoms with Gasteiger partial charge < -0.3 is 15.2 Å². The van der Waals surface area contributed by atoms with Gasteiger partial charge in [0.2, 0.25) is 0 Å². The fourth-order valence-corrected chi connectivity index (χ4v) is 2.08. The van der Waals surface area contributed by atoms with Crippen LogP contribution in [0.25, 0.3) is 0 Å². The number of rotatable bonds is 3. The smallest absolute Gasteiger partial charge is 0.411 e. The molecule has 1 aromatic rings. The number of carbonyl (C=O) groups is 1. The molecular formula is C13H18N2O3. The Morgan fingerprint density at radius 2 is 2.11 bits per heavy atom. The van der Waals surface area contributed by atoms with Crippen molar-refractivity contribution in [2.75, 3.05) is 18.2 Å². The van der Waals surface area contributed by atoms with Crippen LogP contribution in [0.15, 0.2) is 18.2 Å². The van der Waals surface area contributed by atoms with Crippen LogP contribution in [0.4, 0.5) is 16.2 Å². The molecular weight excluding hydrogens is 232 g/mol. The van der Waals surface area contributed by atoms with Gasteiger partial charge in [0.05, 0.1) is 18.5 Å². The van der Waals surface area contributed by atoms with E-state index < -0.39 is 6.09 Å². The van der Waals surface area contributed by atoms with Gasteiger partial charge in [0.15, 0.2) is 0 Å². The fraction of sp³-hybridized carbons (Fsp3) is 0.462. The molecule has 1 amide bonds. The maximum Gasteiger partial charge on any atom is 0.411 e. The summed E-state index contributed by atoms with van der Waals surface area (Å²) in [5, 5.41) is 2.65. The van der Waals surface area contributed by atoms with Crippen LogP contribution >= 0.6 is 0 Å². The molecule has 1 aliphatic rings. The number of nitrogens with one attached hydrogen (secondary N) is 1. The van der Waals surface area contributed by atoms with Gasteiger partial charge in [0, 0.05) is 6.07 Å². The van der Waals surface area contributed by atoms with Crippen molar-refractivity contribution in [2.24, 2.45) is 0 Å². The summed E-state index contributed by atoms with van der Waals surface area (Å²) in [4.78, 5) is 11.7. The molecule has 3 N–H and O–H groups in total. The first-order valence-electron chi connectivity index (χ1n) is 6.10. The largest absolute Gasteiger partial charge is 0.497 e. The molecule has 0 aliphatic heterocycles. The third-order valence-corrected chi connectivity index (χ3v) is 3.07. The molecule has 1 fully saturated rings. The fourth-order valence-electron chi connectivity index (χ4n) is 2.08. The number of nitrogen functional groups attached to an aromatic ring is 1. The molecule has 98 valence electrons. The lowest BCUT2D eigenvalue weighted by atomic mass is 10.2. The Morgan fingerprint density at radius 3 is 2.72 bits per heavy atom. The van der Waals surface area contributed by atoms with E-state index >= 15 is 0 Å². The first-order valence-corrected chi connectivity index (χ1v) is 6.10. The van der Waals surface area contributed by atoms with Crippen molar-refractivity contribution in [2.45, 2.75) is 31.8 Å². The number of amides is 1. The Balaban J connectivity index is 1.93. The predicted octanol–water partition coefficient (Wildman–Crippen LogP) is 2.77. The molecule has 0 radical (unpaired) electrons.